The zero-order valence-electron chi connectivity index (χ0n) is 11.6. The van der Waals surface area contributed by atoms with Crippen LogP contribution in [0.4, 0.5) is 0 Å². The largest absolute Gasteiger partial charge is 0.383 e. The van der Waals surface area contributed by atoms with Gasteiger partial charge in [0.1, 0.15) is 5.82 Å². The van der Waals surface area contributed by atoms with E-state index < -0.39 is 0 Å². The van der Waals surface area contributed by atoms with Crippen molar-refractivity contribution < 1.29 is 4.74 Å². The van der Waals surface area contributed by atoms with Crippen molar-refractivity contribution >= 4 is 12.2 Å². The fourth-order valence-corrected chi connectivity index (χ4v) is 2.26. The van der Waals surface area contributed by atoms with E-state index in [4.69, 9.17) is 17.0 Å². The normalized spacial score (nSPS) is 11.0. The molecule has 0 fully saturated rings. The zero-order valence-corrected chi connectivity index (χ0v) is 12.4. The summed E-state index contributed by atoms with van der Waals surface area (Å²) in [6, 6.07) is 0. The Kier molecular flexibility index (Phi) is 7.93. The fourth-order valence-electron chi connectivity index (χ4n) is 2.02. The summed E-state index contributed by atoms with van der Waals surface area (Å²) < 4.78 is 7.83. The summed E-state index contributed by atoms with van der Waals surface area (Å²) in [5.41, 5.74) is 0. The van der Waals surface area contributed by atoms with E-state index in [2.05, 4.69) is 17.1 Å². The Hall–Kier alpha value is -0.680. The molecule has 0 saturated carbocycles. The lowest BCUT2D eigenvalue weighted by atomic mass is 10.1. The van der Waals surface area contributed by atoms with Crippen LogP contribution in [0.25, 0.3) is 0 Å². The molecule has 4 nitrogen and oxygen atoms in total. The van der Waals surface area contributed by atoms with E-state index in [1.165, 1.54) is 38.5 Å². The number of aromatic nitrogens is 3. The predicted octanol–water partition coefficient (Wildman–Crippen LogP) is 3.49. The Morgan fingerprint density at radius 2 is 1.94 bits per heavy atom. The highest BCUT2D eigenvalue weighted by Crippen LogP contribution is 2.09. The topological polar surface area (TPSA) is 42.8 Å². The van der Waals surface area contributed by atoms with Gasteiger partial charge in [0, 0.05) is 20.1 Å². The van der Waals surface area contributed by atoms with Crippen molar-refractivity contribution in [3.63, 3.8) is 0 Å². The molecule has 1 heterocycles. The molecule has 0 unspecified atom stereocenters. The van der Waals surface area contributed by atoms with Crippen molar-refractivity contribution in [2.45, 2.75) is 58.4 Å². The quantitative estimate of drug-likeness (QED) is 0.523. The first-order valence-corrected chi connectivity index (χ1v) is 7.33. The summed E-state index contributed by atoms with van der Waals surface area (Å²) >= 11 is 5.21. The fraction of sp³-hybridized carbons (Fsp3) is 0.846. The first kappa shape index (κ1) is 15.4. The number of nitrogens with one attached hydrogen (secondary N) is 1. The molecule has 0 amide bonds. The number of ether oxygens (including phenoxy) is 1. The number of methoxy groups -OCH3 is 1. The SMILES string of the molecule is CCCCCCCCc1n[nH]c(=S)n1CCOC. The Morgan fingerprint density at radius 1 is 1.22 bits per heavy atom. The number of unbranched alkanes of at least 4 members (excludes halogenated alkanes) is 5. The van der Waals surface area contributed by atoms with Gasteiger partial charge < -0.3 is 9.30 Å². The highest BCUT2D eigenvalue weighted by molar-refractivity contribution is 7.71. The lowest BCUT2D eigenvalue weighted by molar-refractivity contribution is 0.186. The van der Waals surface area contributed by atoms with E-state index in [9.17, 15) is 0 Å². The summed E-state index contributed by atoms with van der Waals surface area (Å²) in [4.78, 5) is 0. The molecule has 0 saturated heterocycles. The molecule has 0 radical (unpaired) electrons. The van der Waals surface area contributed by atoms with Crippen LogP contribution in [-0.2, 0) is 17.7 Å². The minimum atomic E-state index is 0.678. The van der Waals surface area contributed by atoms with E-state index in [0.717, 1.165) is 18.8 Å². The van der Waals surface area contributed by atoms with Crippen LogP contribution >= 0.6 is 12.2 Å². The Bertz CT molecular complexity index is 373. The summed E-state index contributed by atoms with van der Waals surface area (Å²) in [6.07, 6.45) is 8.82. The molecule has 104 valence electrons. The van der Waals surface area contributed by atoms with Crippen molar-refractivity contribution in [1.29, 1.82) is 0 Å². The van der Waals surface area contributed by atoms with E-state index in [-0.39, 0.29) is 0 Å². The van der Waals surface area contributed by atoms with Crippen LogP contribution in [0.2, 0.25) is 0 Å². The smallest absolute Gasteiger partial charge is 0.195 e. The first-order valence-electron chi connectivity index (χ1n) is 6.92. The van der Waals surface area contributed by atoms with Gasteiger partial charge in [-0.2, -0.15) is 5.10 Å². The van der Waals surface area contributed by atoms with Crippen LogP contribution in [-0.4, -0.2) is 28.5 Å². The second-order valence-electron chi connectivity index (χ2n) is 4.61. The van der Waals surface area contributed by atoms with E-state index in [0.29, 0.717) is 11.4 Å². The summed E-state index contributed by atoms with van der Waals surface area (Å²) in [6.45, 7) is 3.71. The molecule has 0 bridgehead atoms. The van der Waals surface area contributed by atoms with Gasteiger partial charge in [-0.25, -0.2) is 0 Å². The van der Waals surface area contributed by atoms with Crippen molar-refractivity contribution in [3.05, 3.63) is 10.6 Å². The predicted molar refractivity (Wildman–Crippen MR) is 76.4 cm³/mol. The number of hydrogen-bond donors (Lipinski definition) is 1. The highest BCUT2D eigenvalue weighted by atomic mass is 32.1. The molecule has 1 rings (SSSR count). The molecule has 0 spiro atoms. The maximum atomic E-state index is 5.21. The third kappa shape index (κ3) is 5.31. The molecule has 1 aromatic rings. The van der Waals surface area contributed by atoms with Crippen LogP contribution in [0.5, 0.6) is 0 Å². The van der Waals surface area contributed by atoms with Gasteiger partial charge in [0.2, 0.25) is 0 Å². The highest BCUT2D eigenvalue weighted by Gasteiger charge is 2.05. The monoisotopic (exact) mass is 271 g/mol. The van der Waals surface area contributed by atoms with Crippen LogP contribution in [0.3, 0.4) is 0 Å². The van der Waals surface area contributed by atoms with E-state index in [1.54, 1.807) is 7.11 Å². The van der Waals surface area contributed by atoms with Crippen molar-refractivity contribution in [3.8, 4) is 0 Å². The molecule has 1 aromatic heterocycles. The lowest BCUT2D eigenvalue weighted by Gasteiger charge is -2.05. The minimum Gasteiger partial charge on any atom is -0.383 e. The molecule has 0 aliphatic rings. The summed E-state index contributed by atoms with van der Waals surface area (Å²) in [7, 11) is 1.71. The van der Waals surface area contributed by atoms with Crippen LogP contribution in [0, 0.1) is 4.77 Å². The van der Waals surface area contributed by atoms with Gasteiger partial charge in [-0.3, -0.25) is 5.10 Å². The molecule has 0 aromatic carbocycles. The molecule has 0 aliphatic carbocycles. The van der Waals surface area contributed by atoms with Crippen molar-refractivity contribution in [2.75, 3.05) is 13.7 Å². The lowest BCUT2D eigenvalue weighted by Crippen LogP contribution is -2.08. The Labute approximate surface area is 115 Å². The molecule has 5 heteroatoms. The molecular formula is C13H25N3OS. The maximum absolute atomic E-state index is 5.21. The average molecular weight is 271 g/mol. The van der Waals surface area contributed by atoms with Crippen LogP contribution in [0.1, 0.15) is 51.3 Å². The van der Waals surface area contributed by atoms with Crippen LogP contribution < -0.4 is 0 Å². The van der Waals surface area contributed by atoms with Gasteiger partial charge in [0.05, 0.1) is 6.61 Å². The second kappa shape index (κ2) is 9.28. The number of aryl methyl sites for hydroxylation is 1. The van der Waals surface area contributed by atoms with Crippen molar-refractivity contribution in [2.24, 2.45) is 0 Å². The number of nitrogens with zero attached hydrogens (tertiary/aromatic N) is 2. The number of hydrogen-bond acceptors (Lipinski definition) is 3. The van der Waals surface area contributed by atoms with Gasteiger partial charge in [-0.05, 0) is 18.6 Å². The van der Waals surface area contributed by atoms with Gasteiger partial charge in [-0.1, -0.05) is 39.0 Å². The first-order chi connectivity index (χ1) is 8.79. The van der Waals surface area contributed by atoms with Crippen molar-refractivity contribution in [1.82, 2.24) is 14.8 Å². The molecule has 0 atom stereocenters. The van der Waals surface area contributed by atoms with E-state index in [1.807, 2.05) is 4.57 Å². The van der Waals surface area contributed by atoms with Gasteiger partial charge in [-0.15, -0.1) is 0 Å². The molecular weight excluding hydrogens is 246 g/mol. The standard InChI is InChI=1S/C13H25N3OS/c1-3-4-5-6-7-8-9-12-14-15-13(18)16(12)10-11-17-2/h3-11H2,1-2H3,(H,15,18). The second-order valence-corrected chi connectivity index (χ2v) is 4.99. The number of rotatable bonds is 10. The average Bonchev–Trinajstić information content (AvgIpc) is 2.72. The van der Waals surface area contributed by atoms with Gasteiger partial charge >= 0.3 is 0 Å². The Balaban J connectivity index is 2.30. The number of aromatic amines is 1. The van der Waals surface area contributed by atoms with E-state index >= 15 is 0 Å². The summed E-state index contributed by atoms with van der Waals surface area (Å²) in [5, 5.41) is 7.16. The van der Waals surface area contributed by atoms with Crippen LogP contribution in [0.15, 0.2) is 0 Å². The zero-order chi connectivity index (χ0) is 13.2. The van der Waals surface area contributed by atoms with Gasteiger partial charge in [0.25, 0.3) is 0 Å². The summed E-state index contributed by atoms with van der Waals surface area (Å²) in [5.74, 6) is 1.06. The maximum Gasteiger partial charge on any atom is 0.195 e. The third-order valence-electron chi connectivity index (χ3n) is 3.11. The molecule has 1 N–H and O–H groups in total. The third-order valence-corrected chi connectivity index (χ3v) is 3.42. The Morgan fingerprint density at radius 3 is 2.67 bits per heavy atom. The minimum absolute atomic E-state index is 0.678. The molecule has 18 heavy (non-hydrogen) atoms. The van der Waals surface area contributed by atoms with Gasteiger partial charge in [0.15, 0.2) is 4.77 Å². The molecule has 0 aliphatic heterocycles. The number of H-pyrrole nitrogens is 1.